The predicted molar refractivity (Wildman–Crippen MR) is 91.9 cm³/mol. The van der Waals surface area contributed by atoms with Crippen molar-refractivity contribution < 1.29 is 0 Å². The number of nitrogens with zero attached hydrogens (tertiary/aromatic N) is 2. The van der Waals surface area contributed by atoms with Crippen LogP contribution in [0.4, 0.5) is 0 Å². The second-order valence-electron chi connectivity index (χ2n) is 5.14. The molecule has 0 fully saturated rings. The van der Waals surface area contributed by atoms with Gasteiger partial charge in [-0.1, -0.05) is 19.1 Å². The van der Waals surface area contributed by atoms with E-state index in [-0.39, 0.29) is 0 Å². The zero-order valence-corrected chi connectivity index (χ0v) is 14.5. The maximum absolute atomic E-state index is 4.69. The molecule has 3 nitrogen and oxygen atoms in total. The third kappa shape index (κ3) is 3.82. The Labute approximate surface area is 134 Å². The summed E-state index contributed by atoms with van der Waals surface area (Å²) in [5.41, 5.74) is 2.46. The van der Waals surface area contributed by atoms with E-state index >= 15 is 0 Å². The van der Waals surface area contributed by atoms with Gasteiger partial charge < -0.3 is 5.32 Å². The van der Waals surface area contributed by atoms with E-state index in [0.717, 1.165) is 18.5 Å². The van der Waals surface area contributed by atoms with Crippen LogP contribution in [0.1, 0.15) is 43.6 Å². The fourth-order valence-electron chi connectivity index (χ4n) is 2.24. The van der Waals surface area contributed by atoms with Gasteiger partial charge >= 0.3 is 0 Å². The van der Waals surface area contributed by atoms with Crippen LogP contribution in [-0.4, -0.2) is 16.8 Å². The molecule has 2 unspecified atom stereocenters. The first-order valence-electron chi connectivity index (χ1n) is 7.10. The van der Waals surface area contributed by atoms with Crippen LogP contribution < -0.4 is 5.32 Å². The normalized spacial score (nSPS) is 14.2. The van der Waals surface area contributed by atoms with Gasteiger partial charge in [-0.25, -0.2) is 0 Å². The summed E-state index contributed by atoms with van der Waals surface area (Å²) in [4.78, 5) is 0. The van der Waals surface area contributed by atoms with Crippen LogP contribution in [0, 0.1) is 3.57 Å². The van der Waals surface area contributed by atoms with E-state index in [0.29, 0.717) is 12.1 Å². The van der Waals surface area contributed by atoms with Crippen LogP contribution in [0.5, 0.6) is 0 Å². The topological polar surface area (TPSA) is 29.9 Å². The van der Waals surface area contributed by atoms with Crippen molar-refractivity contribution in [3.8, 4) is 0 Å². The van der Waals surface area contributed by atoms with Crippen molar-refractivity contribution in [3.63, 3.8) is 0 Å². The molecule has 2 rings (SSSR count). The maximum atomic E-state index is 4.69. The largest absolute Gasteiger partial charge is 0.313 e. The molecule has 0 radical (unpaired) electrons. The van der Waals surface area contributed by atoms with Crippen molar-refractivity contribution in [2.75, 3.05) is 7.05 Å². The second-order valence-corrected chi connectivity index (χ2v) is 6.39. The second kappa shape index (κ2) is 7.22. The summed E-state index contributed by atoms with van der Waals surface area (Å²) in [6.07, 6.45) is 4.11. The van der Waals surface area contributed by atoms with Crippen molar-refractivity contribution in [2.45, 2.75) is 38.8 Å². The summed E-state index contributed by atoms with van der Waals surface area (Å²) >= 11 is 2.36. The molecular weight excluding hydrogens is 361 g/mol. The number of hydrogen-bond donors (Lipinski definition) is 1. The van der Waals surface area contributed by atoms with E-state index < -0.39 is 0 Å². The lowest BCUT2D eigenvalue weighted by Gasteiger charge is -2.16. The number of rotatable bonds is 6. The number of halogens is 1. The summed E-state index contributed by atoms with van der Waals surface area (Å²) in [6.45, 7) is 4.39. The molecule has 0 aliphatic rings. The van der Waals surface area contributed by atoms with Crippen molar-refractivity contribution >= 4 is 22.6 Å². The minimum Gasteiger partial charge on any atom is -0.313 e. The highest BCUT2D eigenvalue weighted by Crippen LogP contribution is 2.20. The van der Waals surface area contributed by atoms with E-state index in [4.69, 9.17) is 5.10 Å². The molecule has 0 aliphatic carbocycles. The van der Waals surface area contributed by atoms with Crippen molar-refractivity contribution in [1.82, 2.24) is 15.1 Å². The van der Waals surface area contributed by atoms with E-state index in [1.807, 2.05) is 7.05 Å². The van der Waals surface area contributed by atoms with Crippen LogP contribution in [0.15, 0.2) is 36.5 Å². The van der Waals surface area contributed by atoms with Crippen LogP contribution in [-0.2, 0) is 6.42 Å². The fraction of sp³-hybridized carbons (Fsp3) is 0.438. The molecular formula is C16H22IN3. The van der Waals surface area contributed by atoms with Gasteiger partial charge in [-0.3, -0.25) is 4.68 Å². The Morgan fingerprint density at radius 2 is 2.15 bits per heavy atom. The summed E-state index contributed by atoms with van der Waals surface area (Å²) in [5, 5.41) is 8.09. The van der Waals surface area contributed by atoms with Crippen molar-refractivity contribution in [3.05, 3.63) is 51.4 Å². The number of likely N-dealkylation sites (N-methyl/N-ethyl adjacent to an activating group) is 1. The number of benzene rings is 1. The minimum absolute atomic E-state index is 0.310. The van der Waals surface area contributed by atoms with Gasteiger partial charge in [0.15, 0.2) is 0 Å². The first-order chi connectivity index (χ1) is 9.63. The molecule has 1 aromatic carbocycles. The van der Waals surface area contributed by atoms with Crippen LogP contribution in [0.25, 0.3) is 0 Å². The van der Waals surface area contributed by atoms with Gasteiger partial charge in [-0.15, -0.1) is 0 Å². The highest BCUT2D eigenvalue weighted by Gasteiger charge is 2.13. The maximum Gasteiger partial charge on any atom is 0.0643 e. The highest BCUT2D eigenvalue weighted by atomic mass is 127. The average Bonchev–Trinajstić information content (AvgIpc) is 2.92. The van der Waals surface area contributed by atoms with Gasteiger partial charge in [0, 0.05) is 28.3 Å². The zero-order chi connectivity index (χ0) is 14.5. The van der Waals surface area contributed by atoms with Gasteiger partial charge in [-0.05, 0) is 66.7 Å². The first-order valence-corrected chi connectivity index (χ1v) is 8.18. The predicted octanol–water partition coefficient (Wildman–Crippen LogP) is 3.96. The fourth-order valence-corrected chi connectivity index (χ4v) is 2.81. The summed E-state index contributed by atoms with van der Waals surface area (Å²) in [6, 6.07) is 11.5. The molecule has 0 bridgehead atoms. The van der Waals surface area contributed by atoms with E-state index in [1.54, 1.807) is 0 Å². The Hall–Kier alpha value is -0.880. The van der Waals surface area contributed by atoms with Gasteiger partial charge in [0.05, 0.1) is 5.69 Å². The molecule has 0 saturated carbocycles. The molecule has 0 spiro atoms. The van der Waals surface area contributed by atoms with E-state index in [1.165, 1.54) is 9.13 Å². The molecule has 4 heteroatoms. The average molecular weight is 383 g/mol. The highest BCUT2D eigenvalue weighted by molar-refractivity contribution is 14.1. The molecule has 1 N–H and O–H groups in total. The third-order valence-electron chi connectivity index (χ3n) is 3.72. The molecule has 0 aliphatic heterocycles. The third-order valence-corrected chi connectivity index (χ3v) is 4.39. The summed E-state index contributed by atoms with van der Waals surface area (Å²) < 4.78 is 3.34. The monoisotopic (exact) mass is 383 g/mol. The summed E-state index contributed by atoms with van der Waals surface area (Å²) in [7, 11) is 2.01. The molecule has 1 heterocycles. The van der Waals surface area contributed by atoms with Gasteiger partial charge in [0.1, 0.15) is 0 Å². The standard InChI is InChI=1S/C16H22IN3/c1-4-12(2)20-9-8-15(19-20)11-16(18-3)13-6-5-7-14(17)10-13/h5-10,12,16,18H,4,11H2,1-3H3. The van der Waals surface area contributed by atoms with Gasteiger partial charge in [0.2, 0.25) is 0 Å². The molecule has 20 heavy (non-hydrogen) atoms. The van der Waals surface area contributed by atoms with Crippen LogP contribution in [0.2, 0.25) is 0 Å². The zero-order valence-electron chi connectivity index (χ0n) is 12.3. The van der Waals surface area contributed by atoms with Crippen LogP contribution in [0.3, 0.4) is 0 Å². The Balaban J connectivity index is 2.12. The van der Waals surface area contributed by atoms with Crippen molar-refractivity contribution in [1.29, 1.82) is 0 Å². The Morgan fingerprint density at radius 3 is 2.80 bits per heavy atom. The Bertz CT molecular complexity index is 550. The summed E-state index contributed by atoms with van der Waals surface area (Å²) in [5.74, 6) is 0. The lowest BCUT2D eigenvalue weighted by molar-refractivity contribution is 0.469. The van der Waals surface area contributed by atoms with Gasteiger partial charge in [0.25, 0.3) is 0 Å². The molecule has 108 valence electrons. The first kappa shape index (κ1) is 15.5. The molecule has 1 aromatic heterocycles. The number of hydrogen-bond acceptors (Lipinski definition) is 2. The van der Waals surface area contributed by atoms with E-state index in [2.05, 4.69) is 83.0 Å². The lowest BCUT2D eigenvalue weighted by atomic mass is 10.0. The smallest absolute Gasteiger partial charge is 0.0643 e. The van der Waals surface area contributed by atoms with Crippen molar-refractivity contribution in [2.24, 2.45) is 0 Å². The minimum atomic E-state index is 0.310. The van der Waals surface area contributed by atoms with Gasteiger partial charge in [-0.2, -0.15) is 5.10 Å². The SMILES string of the molecule is CCC(C)n1ccc(CC(NC)c2cccc(I)c2)n1. The number of aromatic nitrogens is 2. The molecule has 2 aromatic rings. The number of nitrogens with one attached hydrogen (secondary N) is 1. The quantitative estimate of drug-likeness (QED) is 0.766. The lowest BCUT2D eigenvalue weighted by Crippen LogP contribution is -2.19. The molecule has 2 atom stereocenters. The molecule has 0 amide bonds. The molecule has 0 saturated heterocycles. The Morgan fingerprint density at radius 1 is 1.35 bits per heavy atom. The van der Waals surface area contributed by atoms with E-state index in [9.17, 15) is 0 Å². The van der Waals surface area contributed by atoms with Crippen LogP contribution >= 0.6 is 22.6 Å². The Kier molecular flexibility index (Phi) is 5.60.